The molecule has 1 aromatic heterocycles. The third-order valence-electron chi connectivity index (χ3n) is 7.02. The fourth-order valence-electron chi connectivity index (χ4n) is 4.96. The zero-order chi connectivity index (χ0) is 21.9. The minimum atomic E-state index is -0.0402. The molecule has 2 aliphatic heterocycles. The van der Waals surface area contributed by atoms with Crippen molar-refractivity contribution < 1.29 is 4.79 Å². The molecule has 3 aliphatic rings. The fraction of sp³-hybridized carbons (Fsp3) is 0.560. The molecule has 7 nitrogen and oxygen atoms in total. The molecular weight excluding hydrogens is 402 g/mol. The fourth-order valence-corrected chi connectivity index (χ4v) is 4.96. The van der Waals surface area contributed by atoms with Gasteiger partial charge in [-0.3, -0.25) is 9.59 Å². The van der Waals surface area contributed by atoms with Gasteiger partial charge in [-0.15, -0.1) is 0 Å². The summed E-state index contributed by atoms with van der Waals surface area (Å²) < 4.78 is 1.57. The minimum absolute atomic E-state index is 0.0281. The lowest BCUT2D eigenvalue weighted by Gasteiger charge is -2.31. The van der Waals surface area contributed by atoms with Gasteiger partial charge in [-0.1, -0.05) is 18.2 Å². The van der Waals surface area contributed by atoms with Gasteiger partial charge in [-0.2, -0.15) is 5.10 Å². The summed E-state index contributed by atoms with van der Waals surface area (Å²) in [6, 6.07) is 10.3. The second-order valence-corrected chi connectivity index (χ2v) is 9.47. The summed E-state index contributed by atoms with van der Waals surface area (Å²) in [5, 5.41) is 7.49. The van der Waals surface area contributed by atoms with Crippen LogP contribution in [0.2, 0.25) is 0 Å². The summed E-state index contributed by atoms with van der Waals surface area (Å²) >= 11 is 0. The second-order valence-electron chi connectivity index (χ2n) is 9.47. The number of rotatable bonds is 8. The summed E-state index contributed by atoms with van der Waals surface area (Å²) in [5.41, 5.74) is 3.58. The summed E-state index contributed by atoms with van der Waals surface area (Å²) in [6.45, 7) is 4.93. The minimum Gasteiger partial charge on any atom is -0.371 e. The Hall–Kier alpha value is -2.83. The van der Waals surface area contributed by atoms with Gasteiger partial charge in [0.25, 0.3) is 5.56 Å². The first kappa shape index (κ1) is 21.0. The largest absolute Gasteiger partial charge is 0.371 e. The van der Waals surface area contributed by atoms with Crippen LogP contribution >= 0.6 is 0 Å². The number of aromatic nitrogens is 2. The van der Waals surface area contributed by atoms with Crippen LogP contribution in [0.5, 0.6) is 0 Å². The van der Waals surface area contributed by atoms with Crippen LogP contribution in [-0.2, 0) is 17.8 Å². The molecule has 1 N–H and O–H groups in total. The molecule has 0 bridgehead atoms. The Morgan fingerprint density at radius 3 is 2.88 bits per heavy atom. The smallest absolute Gasteiger partial charge is 0.268 e. The van der Waals surface area contributed by atoms with Gasteiger partial charge in [0.15, 0.2) is 0 Å². The predicted molar refractivity (Wildman–Crippen MR) is 126 cm³/mol. The van der Waals surface area contributed by atoms with Crippen LogP contribution in [0, 0.1) is 11.8 Å². The molecule has 170 valence electrons. The standard InChI is InChI=1S/C25H33N5O2/c31-24-15-22(16-27-30(24)17-19-8-9-19)29-14-10-21(18-29)25(32)26-11-4-13-28-12-3-6-20-5-1-2-7-23(20)28/h1-2,5,7,15-16,19,21H,3-4,6,8-14,17-18H2,(H,26,32). The topological polar surface area (TPSA) is 70.5 Å². The van der Waals surface area contributed by atoms with E-state index in [9.17, 15) is 9.59 Å². The lowest BCUT2D eigenvalue weighted by Crippen LogP contribution is -2.36. The Balaban J connectivity index is 1.07. The van der Waals surface area contributed by atoms with Gasteiger partial charge in [0.05, 0.1) is 17.8 Å². The van der Waals surface area contributed by atoms with Crippen LogP contribution in [0.25, 0.3) is 0 Å². The Bertz CT molecular complexity index is 1020. The van der Waals surface area contributed by atoms with Gasteiger partial charge < -0.3 is 15.1 Å². The van der Waals surface area contributed by atoms with Crippen molar-refractivity contribution in [3.05, 3.63) is 52.4 Å². The summed E-state index contributed by atoms with van der Waals surface area (Å²) in [7, 11) is 0. The lowest BCUT2D eigenvalue weighted by atomic mass is 10.0. The number of amides is 1. The van der Waals surface area contributed by atoms with Gasteiger partial charge in [-0.25, -0.2) is 4.68 Å². The maximum absolute atomic E-state index is 12.7. The van der Waals surface area contributed by atoms with E-state index in [2.05, 4.69) is 44.5 Å². The van der Waals surface area contributed by atoms with Gasteiger partial charge in [-0.05, 0) is 56.1 Å². The molecule has 2 aromatic rings. The molecule has 1 saturated carbocycles. The Kier molecular flexibility index (Phi) is 6.14. The number of nitrogens with zero attached hydrogens (tertiary/aromatic N) is 4. The summed E-state index contributed by atoms with van der Waals surface area (Å²) in [5.74, 6) is 0.719. The van der Waals surface area contributed by atoms with E-state index in [4.69, 9.17) is 0 Å². The maximum atomic E-state index is 12.7. The molecule has 0 spiro atoms. The average Bonchev–Trinajstić information content (AvgIpc) is 3.49. The normalized spacial score (nSPS) is 20.3. The zero-order valence-corrected chi connectivity index (χ0v) is 18.7. The number of hydrogen-bond acceptors (Lipinski definition) is 5. The lowest BCUT2D eigenvalue weighted by molar-refractivity contribution is -0.124. The van der Waals surface area contributed by atoms with E-state index in [1.165, 1.54) is 30.5 Å². The zero-order valence-electron chi connectivity index (χ0n) is 18.7. The number of benzene rings is 1. The van der Waals surface area contributed by atoms with Crippen molar-refractivity contribution in [2.45, 2.75) is 45.1 Å². The number of anilines is 2. The monoisotopic (exact) mass is 435 g/mol. The highest BCUT2D eigenvalue weighted by Gasteiger charge is 2.29. The molecule has 2 fully saturated rings. The third kappa shape index (κ3) is 4.81. The molecule has 3 heterocycles. The van der Waals surface area contributed by atoms with Crippen molar-refractivity contribution in [3.63, 3.8) is 0 Å². The summed E-state index contributed by atoms with van der Waals surface area (Å²) in [4.78, 5) is 29.6. The quantitative estimate of drug-likeness (QED) is 0.645. The van der Waals surface area contributed by atoms with Crippen molar-refractivity contribution in [1.82, 2.24) is 15.1 Å². The van der Waals surface area contributed by atoms with E-state index in [1.807, 2.05) is 0 Å². The number of aryl methyl sites for hydroxylation is 1. The van der Waals surface area contributed by atoms with Crippen molar-refractivity contribution in [2.75, 3.05) is 42.5 Å². The Morgan fingerprint density at radius 2 is 2.03 bits per heavy atom. The molecule has 1 aromatic carbocycles. The number of fused-ring (bicyclic) bond motifs is 1. The number of carbonyl (C=O) groups excluding carboxylic acids is 1. The number of hydrogen-bond donors (Lipinski definition) is 1. The van der Waals surface area contributed by atoms with Crippen LogP contribution in [0.15, 0.2) is 41.3 Å². The first-order valence-corrected chi connectivity index (χ1v) is 12.1. The molecular formula is C25H33N5O2. The van der Waals surface area contributed by atoms with E-state index >= 15 is 0 Å². The van der Waals surface area contributed by atoms with Crippen molar-refractivity contribution in [3.8, 4) is 0 Å². The van der Waals surface area contributed by atoms with E-state index in [0.717, 1.165) is 51.1 Å². The highest BCUT2D eigenvalue weighted by Crippen LogP contribution is 2.30. The first-order valence-electron chi connectivity index (χ1n) is 12.1. The van der Waals surface area contributed by atoms with E-state index < -0.39 is 0 Å². The maximum Gasteiger partial charge on any atom is 0.268 e. The molecule has 1 aliphatic carbocycles. The number of para-hydroxylation sites is 1. The Labute approximate surface area is 189 Å². The second kappa shape index (κ2) is 9.35. The molecule has 1 atom stereocenters. The van der Waals surface area contributed by atoms with E-state index in [0.29, 0.717) is 19.0 Å². The number of nitrogens with one attached hydrogen (secondary N) is 1. The van der Waals surface area contributed by atoms with Crippen LogP contribution < -0.4 is 20.7 Å². The SMILES string of the molecule is O=C(NCCCN1CCCc2ccccc21)C1CCN(c2cnn(CC3CC3)c(=O)c2)C1. The van der Waals surface area contributed by atoms with Crippen LogP contribution in [-0.4, -0.2) is 48.4 Å². The van der Waals surface area contributed by atoms with Crippen molar-refractivity contribution in [2.24, 2.45) is 11.8 Å². The van der Waals surface area contributed by atoms with Crippen LogP contribution in [0.4, 0.5) is 11.4 Å². The molecule has 5 rings (SSSR count). The van der Waals surface area contributed by atoms with Crippen LogP contribution in [0.3, 0.4) is 0 Å². The molecule has 1 unspecified atom stereocenters. The van der Waals surface area contributed by atoms with Gasteiger partial charge in [0.1, 0.15) is 0 Å². The highest BCUT2D eigenvalue weighted by molar-refractivity contribution is 5.80. The van der Waals surface area contributed by atoms with Crippen molar-refractivity contribution >= 4 is 17.3 Å². The Morgan fingerprint density at radius 1 is 1.16 bits per heavy atom. The van der Waals surface area contributed by atoms with Crippen LogP contribution in [0.1, 0.15) is 37.7 Å². The molecule has 1 amide bonds. The van der Waals surface area contributed by atoms with Crippen molar-refractivity contribution in [1.29, 1.82) is 0 Å². The highest BCUT2D eigenvalue weighted by atomic mass is 16.2. The molecule has 0 radical (unpaired) electrons. The third-order valence-corrected chi connectivity index (χ3v) is 7.02. The van der Waals surface area contributed by atoms with Gasteiger partial charge in [0.2, 0.25) is 5.91 Å². The van der Waals surface area contributed by atoms with Gasteiger partial charge in [0, 0.05) is 51.0 Å². The number of carbonyl (C=O) groups is 1. The van der Waals surface area contributed by atoms with Gasteiger partial charge >= 0.3 is 0 Å². The molecule has 7 heteroatoms. The molecule has 1 saturated heterocycles. The summed E-state index contributed by atoms with van der Waals surface area (Å²) in [6.07, 6.45) is 8.29. The first-order chi connectivity index (χ1) is 15.7. The van der Waals surface area contributed by atoms with E-state index in [1.54, 1.807) is 16.9 Å². The van der Waals surface area contributed by atoms with E-state index in [-0.39, 0.29) is 17.4 Å². The predicted octanol–water partition coefficient (Wildman–Crippen LogP) is 2.44. The average molecular weight is 436 g/mol. The molecule has 32 heavy (non-hydrogen) atoms.